The van der Waals surface area contributed by atoms with E-state index in [0.717, 1.165) is 12.8 Å². The monoisotopic (exact) mass is 255 g/mol. The molecule has 0 spiro atoms. The minimum atomic E-state index is -0.643. The average molecular weight is 255 g/mol. The molecule has 1 saturated carbocycles. The van der Waals surface area contributed by atoms with Crippen LogP contribution in [0.3, 0.4) is 0 Å². The number of β-amino-alcohol motifs (C(OH)–C–C–N with tert-alkyl or cyclic N) is 2. The van der Waals surface area contributed by atoms with Crippen LogP contribution in [0.25, 0.3) is 0 Å². The number of Topliss-reactive ketones (excluding diaryl/α,β-unsaturated/α-hetero) is 1. The van der Waals surface area contributed by atoms with Crippen LogP contribution in [0.1, 0.15) is 39.0 Å². The fourth-order valence-electron chi connectivity index (χ4n) is 3.36. The lowest BCUT2D eigenvalue weighted by Gasteiger charge is -2.30. The molecule has 4 unspecified atom stereocenters. The quantitative estimate of drug-likeness (QED) is 0.780. The first-order valence-electron chi connectivity index (χ1n) is 7.21. The Balaban J connectivity index is 1.85. The van der Waals surface area contributed by atoms with Crippen molar-refractivity contribution in [3.8, 4) is 0 Å². The van der Waals surface area contributed by atoms with Gasteiger partial charge in [0.05, 0.1) is 12.2 Å². The van der Waals surface area contributed by atoms with E-state index in [4.69, 9.17) is 0 Å². The van der Waals surface area contributed by atoms with Gasteiger partial charge in [-0.25, -0.2) is 0 Å². The van der Waals surface area contributed by atoms with Gasteiger partial charge in [-0.2, -0.15) is 0 Å². The number of aliphatic hydroxyl groups is 2. The van der Waals surface area contributed by atoms with E-state index >= 15 is 0 Å². The molecule has 4 atom stereocenters. The highest BCUT2D eigenvalue weighted by atomic mass is 16.3. The number of nitrogens with zero attached hydrogens (tertiary/aromatic N) is 1. The Bertz CT molecular complexity index is 285. The Morgan fingerprint density at radius 2 is 1.94 bits per heavy atom. The van der Waals surface area contributed by atoms with Gasteiger partial charge in [-0.15, -0.1) is 0 Å². The van der Waals surface area contributed by atoms with Crippen LogP contribution in [-0.2, 0) is 4.79 Å². The molecule has 2 rings (SSSR count). The zero-order valence-electron chi connectivity index (χ0n) is 11.2. The molecule has 0 aromatic rings. The molecule has 104 valence electrons. The van der Waals surface area contributed by atoms with Gasteiger partial charge in [-0.1, -0.05) is 19.8 Å². The molecule has 4 heteroatoms. The molecule has 0 amide bonds. The Morgan fingerprint density at radius 1 is 1.28 bits per heavy atom. The molecule has 4 nitrogen and oxygen atoms in total. The third-order valence-electron chi connectivity index (χ3n) is 4.38. The molecule has 0 radical (unpaired) electrons. The van der Waals surface area contributed by atoms with Gasteiger partial charge in [0.15, 0.2) is 0 Å². The van der Waals surface area contributed by atoms with E-state index in [1.54, 1.807) is 0 Å². The van der Waals surface area contributed by atoms with Crippen LogP contribution < -0.4 is 0 Å². The zero-order valence-corrected chi connectivity index (χ0v) is 11.2. The van der Waals surface area contributed by atoms with Gasteiger partial charge in [-0.05, 0) is 18.8 Å². The van der Waals surface area contributed by atoms with Gasteiger partial charge >= 0.3 is 0 Å². The second-order valence-corrected chi connectivity index (χ2v) is 5.95. The lowest BCUT2D eigenvalue weighted by atomic mass is 9.78. The molecular weight excluding hydrogens is 230 g/mol. The third kappa shape index (κ3) is 3.31. The van der Waals surface area contributed by atoms with E-state index in [1.165, 1.54) is 12.8 Å². The summed E-state index contributed by atoms with van der Waals surface area (Å²) in [5, 5.41) is 19.0. The van der Waals surface area contributed by atoms with Crippen LogP contribution >= 0.6 is 0 Å². The molecule has 2 aliphatic rings. The normalized spacial score (nSPS) is 38.3. The summed E-state index contributed by atoms with van der Waals surface area (Å²) in [6.45, 7) is 3.92. The smallest absolute Gasteiger partial charge is 0.137 e. The van der Waals surface area contributed by atoms with Crippen molar-refractivity contribution < 1.29 is 15.0 Å². The van der Waals surface area contributed by atoms with Gasteiger partial charge < -0.3 is 10.2 Å². The molecule has 1 aliphatic carbocycles. The number of hydrogen-bond donors (Lipinski definition) is 2. The van der Waals surface area contributed by atoms with Crippen molar-refractivity contribution in [1.82, 2.24) is 4.90 Å². The highest BCUT2D eigenvalue weighted by Gasteiger charge is 2.34. The number of carbonyl (C=O) groups is 1. The number of likely N-dealkylation sites (tertiary alicyclic amines) is 1. The molecule has 2 fully saturated rings. The fourth-order valence-corrected chi connectivity index (χ4v) is 3.36. The van der Waals surface area contributed by atoms with Crippen molar-refractivity contribution in [3.63, 3.8) is 0 Å². The van der Waals surface area contributed by atoms with Crippen LogP contribution in [0.5, 0.6) is 0 Å². The maximum Gasteiger partial charge on any atom is 0.137 e. The lowest BCUT2D eigenvalue weighted by Crippen LogP contribution is -2.36. The summed E-state index contributed by atoms with van der Waals surface area (Å²) >= 11 is 0. The molecule has 2 N–H and O–H groups in total. The highest BCUT2D eigenvalue weighted by Crippen LogP contribution is 2.30. The Labute approximate surface area is 109 Å². The highest BCUT2D eigenvalue weighted by molar-refractivity contribution is 5.81. The number of ketones is 1. The number of hydrogen-bond acceptors (Lipinski definition) is 4. The zero-order chi connectivity index (χ0) is 13.1. The Kier molecular flexibility index (Phi) is 4.76. The van der Waals surface area contributed by atoms with E-state index in [9.17, 15) is 15.0 Å². The number of rotatable bonds is 4. The first-order valence-corrected chi connectivity index (χ1v) is 7.21. The van der Waals surface area contributed by atoms with Crippen LogP contribution in [0.4, 0.5) is 0 Å². The summed E-state index contributed by atoms with van der Waals surface area (Å²) in [6.07, 6.45) is 3.88. The van der Waals surface area contributed by atoms with Gasteiger partial charge in [-0.3, -0.25) is 9.69 Å². The summed E-state index contributed by atoms with van der Waals surface area (Å²) < 4.78 is 0. The molecule has 0 aromatic carbocycles. The van der Waals surface area contributed by atoms with Crippen molar-refractivity contribution in [1.29, 1.82) is 0 Å². The second kappa shape index (κ2) is 6.13. The van der Waals surface area contributed by atoms with Gasteiger partial charge in [0, 0.05) is 32.0 Å². The Morgan fingerprint density at radius 3 is 2.56 bits per heavy atom. The Hall–Kier alpha value is -0.450. The summed E-state index contributed by atoms with van der Waals surface area (Å²) in [7, 11) is 0. The van der Waals surface area contributed by atoms with Crippen LogP contribution in [0, 0.1) is 11.8 Å². The van der Waals surface area contributed by atoms with E-state index in [-0.39, 0.29) is 5.92 Å². The predicted molar refractivity (Wildman–Crippen MR) is 69.2 cm³/mol. The summed E-state index contributed by atoms with van der Waals surface area (Å²) in [5.74, 6) is 1.18. The van der Waals surface area contributed by atoms with Crippen LogP contribution in [0.2, 0.25) is 0 Å². The molecular formula is C14H25NO3. The van der Waals surface area contributed by atoms with Crippen molar-refractivity contribution in [2.45, 2.75) is 51.2 Å². The lowest BCUT2D eigenvalue weighted by molar-refractivity contribution is -0.126. The third-order valence-corrected chi connectivity index (χ3v) is 4.38. The van der Waals surface area contributed by atoms with Crippen LogP contribution in [-0.4, -0.2) is 52.7 Å². The minimum Gasteiger partial charge on any atom is -0.389 e. The molecule has 0 aromatic heterocycles. The van der Waals surface area contributed by atoms with E-state index in [2.05, 4.69) is 6.92 Å². The molecule has 1 heterocycles. The summed E-state index contributed by atoms with van der Waals surface area (Å²) in [5.41, 5.74) is 0. The molecule has 1 saturated heterocycles. The van der Waals surface area contributed by atoms with E-state index in [0.29, 0.717) is 37.8 Å². The minimum absolute atomic E-state index is 0.118. The first-order chi connectivity index (χ1) is 8.60. The maximum absolute atomic E-state index is 11.9. The maximum atomic E-state index is 11.9. The predicted octanol–water partition coefficient (Wildman–Crippen LogP) is 0.809. The van der Waals surface area contributed by atoms with Gasteiger partial charge in [0.25, 0.3) is 0 Å². The molecule has 0 bridgehead atoms. The fraction of sp³-hybridized carbons (Fsp3) is 0.929. The SMILES string of the molecule is CCCC1CCC(=O)C(CN2CC(O)C(O)C2)C1. The molecule has 1 aliphatic heterocycles. The van der Waals surface area contributed by atoms with Crippen molar-refractivity contribution in [3.05, 3.63) is 0 Å². The van der Waals surface area contributed by atoms with Gasteiger partial charge in [0.2, 0.25) is 0 Å². The summed E-state index contributed by atoms with van der Waals surface area (Å²) in [4.78, 5) is 14.0. The van der Waals surface area contributed by atoms with E-state index in [1.807, 2.05) is 4.90 Å². The van der Waals surface area contributed by atoms with E-state index < -0.39 is 12.2 Å². The van der Waals surface area contributed by atoms with Crippen molar-refractivity contribution in [2.24, 2.45) is 11.8 Å². The largest absolute Gasteiger partial charge is 0.389 e. The molecule has 18 heavy (non-hydrogen) atoms. The summed E-state index contributed by atoms with van der Waals surface area (Å²) in [6, 6.07) is 0. The van der Waals surface area contributed by atoms with Gasteiger partial charge in [0.1, 0.15) is 5.78 Å². The number of carbonyl (C=O) groups excluding carboxylic acids is 1. The number of aliphatic hydroxyl groups excluding tert-OH is 2. The van der Waals surface area contributed by atoms with Crippen molar-refractivity contribution in [2.75, 3.05) is 19.6 Å². The first kappa shape index (κ1) is 14.0. The second-order valence-electron chi connectivity index (χ2n) is 5.95. The topological polar surface area (TPSA) is 60.8 Å². The van der Waals surface area contributed by atoms with Crippen molar-refractivity contribution >= 4 is 5.78 Å². The van der Waals surface area contributed by atoms with Crippen LogP contribution in [0.15, 0.2) is 0 Å². The standard InChI is InChI=1S/C14H25NO3/c1-2-3-10-4-5-12(16)11(6-10)7-15-8-13(17)14(18)9-15/h10-11,13-14,17-18H,2-9H2,1H3. The average Bonchev–Trinajstić information content (AvgIpc) is 2.63.